The molecule has 19 heavy (non-hydrogen) atoms. The number of aromatic nitrogens is 2. The quantitative estimate of drug-likeness (QED) is 0.695. The lowest BCUT2D eigenvalue weighted by Crippen LogP contribution is -2.34. The van der Waals surface area contributed by atoms with E-state index < -0.39 is 0 Å². The lowest BCUT2D eigenvalue weighted by Gasteiger charge is -2.27. The molecule has 4 heteroatoms. The Bertz CT molecular complexity index is 348. The first-order valence-electron chi connectivity index (χ1n) is 7.83. The summed E-state index contributed by atoms with van der Waals surface area (Å²) in [5.41, 5.74) is 0. The number of hydrogen-bond acceptors (Lipinski definition) is 3. The Kier molecular flexibility index (Phi) is 6.37. The molecule has 0 aliphatic carbocycles. The smallest absolute Gasteiger partial charge is 0.122 e. The van der Waals surface area contributed by atoms with E-state index in [2.05, 4.69) is 32.9 Å². The molecule has 0 aromatic carbocycles. The van der Waals surface area contributed by atoms with Crippen LogP contribution in [-0.4, -0.2) is 40.6 Å². The number of imidazole rings is 1. The van der Waals surface area contributed by atoms with Crippen LogP contribution in [0.2, 0.25) is 0 Å². The highest BCUT2D eigenvalue weighted by Gasteiger charge is 2.15. The molecule has 0 atom stereocenters. The summed E-state index contributed by atoms with van der Waals surface area (Å²) < 4.78 is 2.27. The van der Waals surface area contributed by atoms with Gasteiger partial charge in [0.2, 0.25) is 0 Å². The van der Waals surface area contributed by atoms with Crippen LogP contribution >= 0.6 is 0 Å². The van der Waals surface area contributed by atoms with Crippen molar-refractivity contribution in [1.82, 2.24) is 19.8 Å². The number of unbranched alkanes of at least 4 members (excludes halogenated alkanes) is 3. The van der Waals surface area contributed by atoms with Gasteiger partial charge < -0.3 is 9.88 Å². The average molecular weight is 264 g/mol. The lowest BCUT2D eigenvalue weighted by atomic mass is 10.2. The van der Waals surface area contributed by atoms with Gasteiger partial charge in [0.25, 0.3) is 0 Å². The topological polar surface area (TPSA) is 33.1 Å². The number of fused-ring (bicyclic) bond motifs is 1. The van der Waals surface area contributed by atoms with E-state index in [-0.39, 0.29) is 0 Å². The average Bonchev–Trinajstić information content (AvgIpc) is 2.89. The molecule has 108 valence electrons. The standard InChI is InChI=1S/C15H28N4/c1-2-7-16-8-5-3-4-6-10-18-12-13-19-11-9-17-15(19)14-18/h9,11,16H,2-8,10,12-14H2,1H3. The minimum absolute atomic E-state index is 1.03. The van der Waals surface area contributed by atoms with E-state index in [0.29, 0.717) is 0 Å². The molecule has 4 nitrogen and oxygen atoms in total. The van der Waals surface area contributed by atoms with Crippen molar-refractivity contribution < 1.29 is 0 Å². The summed E-state index contributed by atoms with van der Waals surface area (Å²) in [5.74, 6) is 1.23. The maximum Gasteiger partial charge on any atom is 0.122 e. The van der Waals surface area contributed by atoms with Gasteiger partial charge in [0.15, 0.2) is 0 Å². The van der Waals surface area contributed by atoms with E-state index in [4.69, 9.17) is 0 Å². The zero-order valence-electron chi connectivity index (χ0n) is 12.3. The molecule has 0 saturated heterocycles. The van der Waals surface area contributed by atoms with Gasteiger partial charge in [-0.05, 0) is 38.9 Å². The second kappa shape index (κ2) is 8.33. The van der Waals surface area contributed by atoms with Crippen LogP contribution in [0.5, 0.6) is 0 Å². The molecule has 1 aliphatic rings. The van der Waals surface area contributed by atoms with Gasteiger partial charge in [0.05, 0.1) is 6.54 Å². The molecule has 1 aromatic rings. The molecule has 0 bridgehead atoms. The molecule has 0 saturated carbocycles. The maximum atomic E-state index is 4.41. The predicted octanol–water partition coefficient (Wildman–Crippen LogP) is 2.26. The number of nitrogens with one attached hydrogen (secondary N) is 1. The molecular formula is C15H28N4. The fourth-order valence-electron chi connectivity index (χ4n) is 2.66. The normalized spacial score (nSPS) is 15.6. The Hall–Kier alpha value is -0.870. The highest BCUT2D eigenvalue weighted by atomic mass is 15.2. The van der Waals surface area contributed by atoms with Crippen LogP contribution in [0.25, 0.3) is 0 Å². The Morgan fingerprint density at radius 1 is 1.16 bits per heavy atom. The predicted molar refractivity (Wildman–Crippen MR) is 79.1 cm³/mol. The fourth-order valence-corrected chi connectivity index (χ4v) is 2.66. The van der Waals surface area contributed by atoms with Gasteiger partial charge >= 0.3 is 0 Å². The van der Waals surface area contributed by atoms with Gasteiger partial charge in [-0.3, -0.25) is 4.90 Å². The van der Waals surface area contributed by atoms with E-state index in [1.54, 1.807) is 0 Å². The molecule has 0 spiro atoms. The van der Waals surface area contributed by atoms with Gasteiger partial charge in [0.1, 0.15) is 5.82 Å². The van der Waals surface area contributed by atoms with Crippen LogP contribution in [-0.2, 0) is 13.1 Å². The monoisotopic (exact) mass is 264 g/mol. The first kappa shape index (κ1) is 14.5. The van der Waals surface area contributed by atoms with Gasteiger partial charge in [-0.25, -0.2) is 4.98 Å². The summed E-state index contributed by atoms with van der Waals surface area (Å²) in [6, 6.07) is 0. The second-order valence-corrected chi connectivity index (χ2v) is 5.48. The van der Waals surface area contributed by atoms with Crippen molar-refractivity contribution in [1.29, 1.82) is 0 Å². The van der Waals surface area contributed by atoms with Crippen molar-refractivity contribution in [3.05, 3.63) is 18.2 Å². The van der Waals surface area contributed by atoms with E-state index in [0.717, 1.165) is 13.1 Å². The Balaban J connectivity index is 1.48. The molecule has 0 amide bonds. The Morgan fingerprint density at radius 3 is 2.95 bits per heavy atom. The third-order valence-corrected chi connectivity index (χ3v) is 3.83. The van der Waals surface area contributed by atoms with Crippen molar-refractivity contribution >= 4 is 0 Å². The van der Waals surface area contributed by atoms with E-state index in [9.17, 15) is 0 Å². The van der Waals surface area contributed by atoms with Gasteiger partial charge in [-0.15, -0.1) is 0 Å². The minimum Gasteiger partial charge on any atom is -0.333 e. The zero-order valence-corrected chi connectivity index (χ0v) is 12.3. The van der Waals surface area contributed by atoms with Crippen molar-refractivity contribution in [2.75, 3.05) is 26.2 Å². The van der Waals surface area contributed by atoms with Gasteiger partial charge in [0, 0.05) is 25.5 Å². The summed E-state index contributed by atoms with van der Waals surface area (Å²) >= 11 is 0. The third kappa shape index (κ3) is 4.96. The number of hydrogen-bond donors (Lipinski definition) is 1. The second-order valence-electron chi connectivity index (χ2n) is 5.48. The van der Waals surface area contributed by atoms with Crippen LogP contribution < -0.4 is 5.32 Å². The van der Waals surface area contributed by atoms with E-state index >= 15 is 0 Å². The Morgan fingerprint density at radius 2 is 2.05 bits per heavy atom. The molecule has 1 aliphatic heterocycles. The lowest BCUT2D eigenvalue weighted by molar-refractivity contribution is 0.212. The molecule has 1 N–H and O–H groups in total. The molecule has 0 unspecified atom stereocenters. The summed E-state index contributed by atoms with van der Waals surface area (Å²) in [4.78, 5) is 6.95. The highest BCUT2D eigenvalue weighted by molar-refractivity contribution is 4.95. The van der Waals surface area contributed by atoms with Gasteiger partial charge in [-0.1, -0.05) is 19.8 Å². The first-order valence-corrected chi connectivity index (χ1v) is 7.83. The number of rotatable bonds is 9. The number of nitrogens with zero attached hydrogens (tertiary/aromatic N) is 3. The molecule has 0 radical (unpaired) electrons. The summed E-state index contributed by atoms with van der Waals surface area (Å²) in [6.45, 7) is 9.13. The van der Waals surface area contributed by atoms with Crippen LogP contribution in [0.15, 0.2) is 12.4 Å². The van der Waals surface area contributed by atoms with Gasteiger partial charge in [-0.2, -0.15) is 0 Å². The first-order chi connectivity index (χ1) is 9.40. The largest absolute Gasteiger partial charge is 0.333 e. The van der Waals surface area contributed by atoms with E-state index in [1.165, 1.54) is 64.1 Å². The van der Waals surface area contributed by atoms with Crippen LogP contribution in [0.3, 0.4) is 0 Å². The van der Waals surface area contributed by atoms with Crippen molar-refractivity contribution in [3.63, 3.8) is 0 Å². The summed E-state index contributed by atoms with van der Waals surface area (Å²) in [7, 11) is 0. The highest BCUT2D eigenvalue weighted by Crippen LogP contribution is 2.11. The molecule has 1 aromatic heterocycles. The van der Waals surface area contributed by atoms with Crippen molar-refractivity contribution in [2.45, 2.75) is 52.1 Å². The van der Waals surface area contributed by atoms with Crippen LogP contribution in [0.4, 0.5) is 0 Å². The zero-order chi connectivity index (χ0) is 13.3. The molecular weight excluding hydrogens is 236 g/mol. The fraction of sp³-hybridized carbons (Fsp3) is 0.800. The summed E-state index contributed by atoms with van der Waals surface area (Å²) in [6.07, 6.45) is 10.6. The maximum absolute atomic E-state index is 4.41. The molecule has 2 heterocycles. The van der Waals surface area contributed by atoms with Crippen molar-refractivity contribution in [2.24, 2.45) is 0 Å². The molecule has 0 fully saturated rings. The van der Waals surface area contributed by atoms with Crippen LogP contribution in [0.1, 0.15) is 44.9 Å². The van der Waals surface area contributed by atoms with Crippen molar-refractivity contribution in [3.8, 4) is 0 Å². The summed E-state index contributed by atoms with van der Waals surface area (Å²) in [5, 5.41) is 3.46. The SMILES string of the molecule is CCCNCCCCCCN1CCn2ccnc2C1. The minimum atomic E-state index is 1.03. The molecule has 2 rings (SSSR count). The Labute approximate surface area is 117 Å². The third-order valence-electron chi connectivity index (χ3n) is 3.83. The van der Waals surface area contributed by atoms with E-state index in [1.807, 2.05) is 6.20 Å². The van der Waals surface area contributed by atoms with Crippen LogP contribution in [0, 0.1) is 0 Å².